The lowest BCUT2D eigenvalue weighted by Crippen LogP contribution is -2.08. The van der Waals surface area contributed by atoms with Crippen LogP contribution in [0, 0.1) is 5.82 Å². The van der Waals surface area contributed by atoms with E-state index in [1.807, 2.05) is 36.4 Å². The summed E-state index contributed by atoms with van der Waals surface area (Å²) in [6.45, 7) is 4.84. The van der Waals surface area contributed by atoms with Crippen LogP contribution in [0.2, 0.25) is 0 Å². The van der Waals surface area contributed by atoms with Crippen molar-refractivity contribution in [3.05, 3.63) is 84.7 Å². The predicted molar refractivity (Wildman–Crippen MR) is 99.9 cm³/mol. The van der Waals surface area contributed by atoms with E-state index in [1.165, 1.54) is 12.1 Å². The molecule has 3 aromatic rings. The van der Waals surface area contributed by atoms with Crippen molar-refractivity contribution in [3.8, 4) is 11.3 Å². The molecule has 4 nitrogen and oxygen atoms in total. The normalized spacial score (nSPS) is 10.3. The minimum Gasteiger partial charge on any atom is -0.366 e. The number of aromatic nitrogens is 2. The Morgan fingerprint density at radius 1 is 0.960 bits per heavy atom. The first-order chi connectivity index (χ1) is 12.2. The third kappa shape index (κ3) is 4.64. The van der Waals surface area contributed by atoms with E-state index in [9.17, 15) is 4.39 Å². The third-order valence-corrected chi connectivity index (χ3v) is 3.59. The van der Waals surface area contributed by atoms with Crippen molar-refractivity contribution in [1.29, 1.82) is 0 Å². The van der Waals surface area contributed by atoms with Crippen molar-refractivity contribution in [1.82, 2.24) is 9.97 Å². The van der Waals surface area contributed by atoms with Gasteiger partial charge in [-0.05, 0) is 17.7 Å². The van der Waals surface area contributed by atoms with Crippen molar-refractivity contribution in [2.24, 2.45) is 0 Å². The third-order valence-electron chi connectivity index (χ3n) is 3.59. The summed E-state index contributed by atoms with van der Waals surface area (Å²) < 4.78 is 13.0. The SMILES string of the molecule is C=CCNc1cc(-c2ccccc2)nc(NCc2ccc(F)cc2)n1. The van der Waals surface area contributed by atoms with E-state index in [0.717, 1.165) is 22.6 Å². The zero-order valence-corrected chi connectivity index (χ0v) is 13.7. The fourth-order valence-electron chi connectivity index (χ4n) is 2.33. The van der Waals surface area contributed by atoms with Crippen molar-refractivity contribution < 1.29 is 4.39 Å². The first-order valence-corrected chi connectivity index (χ1v) is 8.02. The smallest absolute Gasteiger partial charge is 0.225 e. The van der Waals surface area contributed by atoms with Crippen LogP contribution < -0.4 is 10.6 Å². The zero-order valence-electron chi connectivity index (χ0n) is 13.7. The van der Waals surface area contributed by atoms with Gasteiger partial charge in [0.15, 0.2) is 0 Å². The van der Waals surface area contributed by atoms with Crippen LogP contribution in [-0.4, -0.2) is 16.5 Å². The summed E-state index contributed by atoms with van der Waals surface area (Å²) in [6.07, 6.45) is 1.77. The molecule has 0 bridgehead atoms. The molecule has 0 saturated heterocycles. The molecule has 0 amide bonds. The summed E-state index contributed by atoms with van der Waals surface area (Å²) in [5, 5.41) is 6.39. The Kier molecular flexibility index (Phi) is 5.36. The molecule has 2 aromatic carbocycles. The average Bonchev–Trinajstić information content (AvgIpc) is 2.66. The van der Waals surface area contributed by atoms with Crippen molar-refractivity contribution in [3.63, 3.8) is 0 Å². The van der Waals surface area contributed by atoms with E-state index in [-0.39, 0.29) is 5.82 Å². The highest BCUT2D eigenvalue weighted by molar-refractivity contribution is 5.64. The van der Waals surface area contributed by atoms with Gasteiger partial charge < -0.3 is 10.6 Å². The molecule has 0 saturated carbocycles. The molecule has 1 aromatic heterocycles. The van der Waals surface area contributed by atoms with Gasteiger partial charge in [-0.2, -0.15) is 4.98 Å². The van der Waals surface area contributed by atoms with Crippen LogP contribution in [0.15, 0.2) is 73.3 Å². The Balaban J connectivity index is 1.83. The van der Waals surface area contributed by atoms with Crippen LogP contribution in [0.4, 0.5) is 16.2 Å². The molecule has 0 radical (unpaired) electrons. The molecule has 25 heavy (non-hydrogen) atoms. The van der Waals surface area contributed by atoms with Crippen LogP contribution in [0.25, 0.3) is 11.3 Å². The number of halogens is 1. The lowest BCUT2D eigenvalue weighted by Gasteiger charge is -2.11. The number of rotatable bonds is 7. The standard InChI is InChI=1S/C20H19FN4/c1-2-12-22-19-13-18(16-6-4-3-5-7-16)24-20(25-19)23-14-15-8-10-17(21)11-9-15/h2-11,13H,1,12,14H2,(H2,22,23,24,25). The summed E-state index contributed by atoms with van der Waals surface area (Å²) in [4.78, 5) is 9.06. The number of hydrogen-bond acceptors (Lipinski definition) is 4. The Morgan fingerprint density at radius 3 is 2.44 bits per heavy atom. The fourth-order valence-corrected chi connectivity index (χ4v) is 2.33. The molecule has 0 aliphatic rings. The molecule has 0 atom stereocenters. The summed E-state index contributed by atoms with van der Waals surface area (Å²) in [6, 6.07) is 18.2. The number of nitrogens with one attached hydrogen (secondary N) is 2. The van der Waals surface area contributed by atoms with E-state index in [1.54, 1.807) is 18.2 Å². The topological polar surface area (TPSA) is 49.8 Å². The quantitative estimate of drug-likeness (QED) is 0.625. The Hall–Kier alpha value is -3.21. The highest BCUT2D eigenvalue weighted by Gasteiger charge is 2.06. The average molecular weight is 334 g/mol. The second-order valence-electron chi connectivity index (χ2n) is 5.48. The predicted octanol–water partition coefficient (Wildman–Crippen LogP) is 4.49. The van der Waals surface area contributed by atoms with Crippen molar-refractivity contribution in [2.45, 2.75) is 6.54 Å². The minimum atomic E-state index is -0.248. The highest BCUT2D eigenvalue weighted by atomic mass is 19.1. The van der Waals surface area contributed by atoms with Crippen LogP contribution in [0.3, 0.4) is 0 Å². The van der Waals surface area contributed by atoms with Gasteiger partial charge in [-0.25, -0.2) is 9.37 Å². The van der Waals surface area contributed by atoms with E-state index in [2.05, 4.69) is 27.2 Å². The van der Waals surface area contributed by atoms with Crippen LogP contribution in [0.1, 0.15) is 5.56 Å². The summed E-state index contributed by atoms with van der Waals surface area (Å²) in [7, 11) is 0. The molecule has 0 fully saturated rings. The maximum atomic E-state index is 13.0. The van der Waals surface area contributed by atoms with E-state index < -0.39 is 0 Å². The summed E-state index contributed by atoms with van der Waals surface area (Å²) in [5.74, 6) is 0.981. The van der Waals surface area contributed by atoms with Crippen LogP contribution >= 0.6 is 0 Å². The second kappa shape index (κ2) is 8.06. The Bertz CT molecular complexity index is 832. The van der Waals surface area contributed by atoms with E-state index in [4.69, 9.17) is 0 Å². The van der Waals surface area contributed by atoms with E-state index >= 15 is 0 Å². The number of benzene rings is 2. The van der Waals surface area contributed by atoms with Gasteiger partial charge in [0.1, 0.15) is 11.6 Å². The van der Waals surface area contributed by atoms with Gasteiger partial charge in [-0.15, -0.1) is 6.58 Å². The van der Waals surface area contributed by atoms with Gasteiger partial charge in [0, 0.05) is 24.7 Å². The molecule has 126 valence electrons. The molecular weight excluding hydrogens is 315 g/mol. The lowest BCUT2D eigenvalue weighted by atomic mass is 10.1. The Labute approximate surface area is 146 Å². The van der Waals surface area contributed by atoms with Gasteiger partial charge in [0.25, 0.3) is 0 Å². The second-order valence-corrected chi connectivity index (χ2v) is 5.48. The van der Waals surface area contributed by atoms with E-state index in [0.29, 0.717) is 19.0 Å². The molecule has 5 heteroatoms. The maximum absolute atomic E-state index is 13.0. The monoisotopic (exact) mass is 334 g/mol. The zero-order chi connectivity index (χ0) is 17.5. The number of hydrogen-bond donors (Lipinski definition) is 2. The molecule has 3 rings (SSSR count). The first-order valence-electron chi connectivity index (χ1n) is 8.02. The van der Waals surface area contributed by atoms with Crippen LogP contribution in [-0.2, 0) is 6.54 Å². The highest BCUT2D eigenvalue weighted by Crippen LogP contribution is 2.21. The minimum absolute atomic E-state index is 0.248. The van der Waals surface area contributed by atoms with Crippen molar-refractivity contribution in [2.75, 3.05) is 17.2 Å². The molecule has 2 N–H and O–H groups in total. The number of anilines is 2. The summed E-state index contributed by atoms with van der Waals surface area (Å²) in [5.41, 5.74) is 2.79. The number of nitrogens with zero attached hydrogens (tertiary/aromatic N) is 2. The molecule has 0 aliphatic carbocycles. The van der Waals surface area contributed by atoms with Crippen LogP contribution in [0.5, 0.6) is 0 Å². The van der Waals surface area contributed by atoms with Gasteiger partial charge in [-0.1, -0.05) is 48.5 Å². The Morgan fingerprint density at radius 2 is 1.72 bits per heavy atom. The summed E-state index contributed by atoms with van der Waals surface area (Å²) >= 11 is 0. The molecule has 0 unspecified atom stereocenters. The maximum Gasteiger partial charge on any atom is 0.225 e. The van der Waals surface area contributed by atoms with Gasteiger partial charge in [0.05, 0.1) is 5.69 Å². The molecule has 0 spiro atoms. The first kappa shape index (κ1) is 16.6. The molecule has 1 heterocycles. The van der Waals surface area contributed by atoms with Gasteiger partial charge in [-0.3, -0.25) is 0 Å². The van der Waals surface area contributed by atoms with Crippen molar-refractivity contribution >= 4 is 11.8 Å². The van der Waals surface area contributed by atoms with Gasteiger partial charge >= 0.3 is 0 Å². The molecule has 0 aliphatic heterocycles. The fraction of sp³-hybridized carbons (Fsp3) is 0.100. The molecular formula is C20H19FN4. The van der Waals surface area contributed by atoms with Gasteiger partial charge in [0.2, 0.25) is 5.95 Å². The lowest BCUT2D eigenvalue weighted by molar-refractivity contribution is 0.627. The largest absolute Gasteiger partial charge is 0.366 e.